The average molecular weight is 416 g/mol. The number of fused-ring (bicyclic) bond motifs is 2. The molecule has 1 atom stereocenters. The van der Waals surface area contributed by atoms with Crippen LogP contribution in [0.3, 0.4) is 0 Å². The van der Waals surface area contributed by atoms with Gasteiger partial charge in [-0.15, -0.1) is 0 Å². The van der Waals surface area contributed by atoms with Gasteiger partial charge in [0.25, 0.3) is 11.8 Å². The van der Waals surface area contributed by atoms with E-state index in [2.05, 4.69) is 5.32 Å². The van der Waals surface area contributed by atoms with Crippen LogP contribution in [0.2, 0.25) is 0 Å². The normalized spacial score (nSPS) is 14.5. The van der Waals surface area contributed by atoms with E-state index in [-0.39, 0.29) is 18.4 Å². The number of alkyl carbamates (subject to hydrolysis) is 1. The maximum absolute atomic E-state index is 13.2. The van der Waals surface area contributed by atoms with Crippen molar-refractivity contribution < 1.29 is 19.1 Å². The summed E-state index contributed by atoms with van der Waals surface area (Å²) in [6.45, 7) is 5.37. The largest absolute Gasteiger partial charge is 0.444 e. The second kappa shape index (κ2) is 7.87. The minimum atomic E-state index is -0.689. The smallest absolute Gasteiger partial charge is 0.407 e. The number of ether oxygens (including phenoxy) is 1. The van der Waals surface area contributed by atoms with Crippen molar-refractivity contribution in [3.8, 4) is 0 Å². The highest BCUT2D eigenvalue weighted by Crippen LogP contribution is 2.34. The van der Waals surface area contributed by atoms with E-state index in [0.717, 1.165) is 16.3 Å². The molecule has 4 rings (SSSR count). The SMILES string of the molecule is CC(C)(C)OC(=O)NCC(c1cccc2ccccc12)N1C(=O)c2ccccc2C1=O. The molecule has 1 N–H and O–H groups in total. The van der Waals surface area contributed by atoms with Crippen LogP contribution in [0.4, 0.5) is 4.79 Å². The molecular weight excluding hydrogens is 392 g/mol. The number of carbonyl (C=O) groups excluding carboxylic acids is 3. The Kier molecular flexibility index (Phi) is 5.23. The highest BCUT2D eigenvalue weighted by atomic mass is 16.6. The first-order valence-corrected chi connectivity index (χ1v) is 10.2. The van der Waals surface area contributed by atoms with Crippen LogP contribution in [-0.2, 0) is 4.74 Å². The van der Waals surface area contributed by atoms with E-state index in [1.165, 1.54) is 4.90 Å². The summed E-state index contributed by atoms with van der Waals surface area (Å²) in [5.41, 5.74) is 0.864. The van der Waals surface area contributed by atoms with E-state index in [1.807, 2.05) is 42.5 Å². The zero-order valence-electron chi connectivity index (χ0n) is 17.7. The lowest BCUT2D eigenvalue weighted by molar-refractivity contribution is 0.0467. The van der Waals surface area contributed by atoms with Crippen LogP contribution >= 0.6 is 0 Å². The van der Waals surface area contributed by atoms with Crippen LogP contribution < -0.4 is 5.32 Å². The Morgan fingerprint density at radius 1 is 0.903 bits per heavy atom. The first kappa shape index (κ1) is 20.6. The van der Waals surface area contributed by atoms with E-state index in [0.29, 0.717) is 11.1 Å². The molecule has 1 heterocycles. The van der Waals surface area contributed by atoms with Crippen LogP contribution in [0.1, 0.15) is 53.1 Å². The molecule has 1 aliphatic heterocycles. The fraction of sp³-hybridized carbons (Fsp3) is 0.240. The van der Waals surface area contributed by atoms with E-state index < -0.39 is 17.7 Å². The van der Waals surface area contributed by atoms with Crippen molar-refractivity contribution in [1.82, 2.24) is 10.2 Å². The van der Waals surface area contributed by atoms with Crippen molar-refractivity contribution in [2.75, 3.05) is 6.54 Å². The first-order chi connectivity index (χ1) is 14.8. The van der Waals surface area contributed by atoms with Crippen molar-refractivity contribution >= 4 is 28.7 Å². The predicted molar refractivity (Wildman–Crippen MR) is 118 cm³/mol. The average Bonchev–Trinajstić information content (AvgIpc) is 2.98. The summed E-state index contributed by atoms with van der Waals surface area (Å²) in [7, 11) is 0. The molecule has 0 spiro atoms. The highest BCUT2D eigenvalue weighted by Gasteiger charge is 2.41. The van der Waals surface area contributed by atoms with Gasteiger partial charge in [0.1, 0.15) is 5.60 Å². The molecule has 3 amide bonds. The number of amides is 3. The maximum Gasteiger partial charge on any atom is 0.407 e. The minimum absolute atomic E-state index is 0.0361. The van der Waals surface area contributed by atoms with Crippen LogP contribution in [0.15, 0.2) is 66.7 Å². The Balaban J connectivity index is 1.74. The minimum Gasteiger partial charge on any atom is -0.444 e. The van der Waals surface area contributed by atoms with Crippen molar-refractivity contribution in [3.63, 3.8) is 0 Å². The number of nitrogens with one attached hydrogen (secondary N) is 1. The van der Waals surface area contributed by atoms with Crippen molar-refractivity contribution in [3.05, 3.63) is 83.4 Å². The molecule has 0 radical (unpaired) electrons. The Bertz CT molecular complexity index is 1140. The molecule has 0 saturated carbocycles. The molecule has 3 aromatic carbocycles. The standard InChI is InChI=1S/C25H24N2O4/c1-25(2,3)31-24(30)26-15-21(18-14-8-10-16-9-4-5-11-17(16)18)27-22(28)19-12-6-7-13-20(19)23(27)29/h4-14,21H,15H2,1-3H3,(H,26,30). The molecule has 0 aliphatic carbocycles. The molecule has 6 heteroatoms. The Hall–Kier alpha value is -3.67. The van der Waals surface area contributed by atoms with Gasteiger partial charge < -0.3 is 10.1 Å². The van der Waals surface area contributed by atoms with Gasteiger partial charge >= 0.3 is 6.09 Å². The van der Waals surface area contributed by atoms with Gasteiger partial charge in [0, 0.05) is 6.54 Å². The number of hydrogen-bond acceptors (Lipinski definition) is 4. The third kappa shape index (κ3) is 4.01. The van der Waals surface area contributed by atoms with Gasteiger partial charge in [-0.25, -0.2) is 4.79 Å². The molecule has 3 aromatic rings. The van der Waals surface area contributed by atoms with Crippen molar-refractivity contribution in [2.24, 2.45) is 0 Å². The quantitative estimate of drug-likeness (QED) is 0.626. The third-order valence-corrected chi connectivity index (χ3v) is 5.16. The lowest BCUT2D eigenvalue weighted by Crippen LogP contribution is -2.42. The zero-order chi connectivity index (χ0) is 22.2. The predicted octanol–water partition coefficient (Wildman–Crippen LogP) is 4.70. The van der Waals surface area contributed by atoms with E-state index in [4.69, 9.17) is 4.74 Å². The molecule has 158 valence electrons. The Morgan fingerprint density at radius 2 is 1.48 bits per heavy atom. The molecule has 6 nitrogen and oxygen atoms in total. The summed E-state index contributed by atoms with van der Waals surface area (Å²) in [5, 5.41) is 4.64. The molecule has 0 bridgehead atoms. The topological polar surface area (TPSA) is 75.7 Å². The molecular formula is C25H24N2O4. The molecule has 0 aromatic heterocycles. The van der Waals surface area contributed by atoms with Gasteiger partial charge in [-0.05, 0) is 49.2 Å². The van der Waals surface area contributed by atoms with Gasteiger partial charge in [-0.3, -0.25) is 14.5 Å². The second-order valence-electron chi connectivity index (χ2n) is 8.49. The highest BCUT2D eigenvalue weighted by molar-refractivity contribution is 6.21. The summed E-state index contributed by atoms with van der Waals surface area (Å²) < 4.78 is 5.35. The van der Waals surface area contributed by atoms with Gasteiger partial charge in [0.05, 0.1) is 17.2 Å². The number of hydrogen-bond donors (Lipinski definition) is 1. The van der Waals surface area contributed by atoms with Gasteiger partial charge in [0.15, 0.2) is 0 Å². The summed E-state index contributed by atoms with van der Waals surface area (Å²) in [5.74, 6) is -0.742. The van der Waals surface area contributed by atoms with Gasteiger partial charge in [-0.2, -0.15) is 0 Å². The number of rotatable bonds is 4. The van der Waals surface area contributed by atoms with Gasteiger partial charge in [0.2, 0.25) is 0 Å². The molecule has 0 fully saturated rings. The number of nitrogens with zero attached hydrogens (tertiary/aromatic N) is 1. The molecule has 31 heavy (non-hydrogen) atoms. The van der Waals surface area contributed by atoms with Crippen molar-refractivity contribution in [1.29, 1.82) is 0 Å². The second-order valence-corrected chi connectivity index (χ2v) is 8.49. The van der Waals surface area contributed by atoms with E-state index in [1.54, 1.807) is 45.0 Å². The molecule has 1 unspecified atom stereocenters. The maximum atomic E-state index is 13.2. The fourth-order valence-corrected chi connectivity index (χ4v) is 3.87. The van der Waals surface area contributed by atoms with E-state index in [9.17, 15) is 14.4 Å². The van der Waals surface area contributed by atoms with Crippen LogP contribution in [0.5, 0.6) is 0 Å². The Labute approximate surface area is 180 Å². The summed E-state index contributed by atoms with van der Waals surface area (Å²) in [6.07, 6.45) is -0.602. The number of carbonyl (C=O) groups is 3. The molecule has 1 aliphatic rings. The lowest BCUT2D eigenvalue weighted by atomic mass is 9.97. The Morgan fingerprint density at radius 3 is 2.13 bits per heavy atom. The summed E-state index contributed by atoms with van der Waals surface area (Å²) in [6, 6.07) is 19.6. The van der Waals surface area contributed by atoms with Crippen LogP contribution in [0.25, 0.3) is 10.8 Å². The monoisotopic (exact) mass is 416 g/mol. The first-order valence-electron chi connectivity index (χ1n) is 10.2. The third-order valence-electron chi connectivity index (χ3n) is 5.16. The van der Waals surface area contributed by atoms with E-state index >= 15 is 0 Å². The summed E-state index contributed by atoms with van der Waals surface area (Å²) >= 11 is 0. The fourth-order valence-electron chi connectivity index (χ4n) is 3.87. The number of benzene rings is 3. The number of imide groups is 1. The zero-order valence-corrected chi connectivity index (χ0v) is 17.7. The van der Waals surface area contributed by atoms with Crippen molar-refractivity contribution in [2.45, 2.75) is 32.4 Å². The van der Waals surface area contributed by atoms with Crippen LogP contribution in [0, 0.1) is 0 Å². The molecule has 0 saturated heterocycles. The lowest BCUT2D eigenvalue weighted by Gasteiger charge is -2.28. The van der Waals surface area contributed by atoms with Gasteiger partial charge in [-0.1, -0.05) is 54.6 Å². The summed E-state index contributed by atoms with van der Waals surface area (Å²) in [4.78, 5) is 40.0. The van der Waals surface area contributed by atoms with Crippen LogP contribution in [-0.4, -0.2) is 35.0 Å².